The van der Waals surface area contributed by atoms with Crippen molar-refractivity contribution >= 4 is 11.8 Å². The van der Waals surface area contributed by atoms with Crippen LogP contribution in [0, 0.1) is 0 Å². The molecule has 2 aliphatic rings. The Morgan fingerprint density at radius 2 is 2.00 bits per heavy atom. The molecular formula is C22H32N2O4. The maximum absolute atomic E-state index is 13.1. The number of likely N-dealkylation sites (tertiary alicyclic amines) is 1. The first-order valence-electron chi connectivity index (χ1n) is 10.4. The second-order valence-corrected chi connectivity index (χ2v) is 7.98. The Bertz CT molecular complexity index is 714. The lowest BCUT2D eigenvalue weighted by Crippen LogP contribution is -2.56. The van der Waals surface area contributed by atoms with Crippen molar-refractivity contribution in [2.24, 2.45) is 0 Å². The minimum absolute atomic E-state index is 0.0224. The van der Waals surface area contributed by atoms with Gasteiger partial charge in [0.15, 0.2) is 11.5 Å². The van der Waals surface area contributed by atoms with Gasteiger partial charge in [-0.15, -0.1) is 0 Å². The predicted octanol–water partition coefficient (Wildman–Crippen LogP) is 3.42. The quantitative estimate of drug-likeness (QED) is 0.777. The van der Waals surface area contributed by atoms with Crippen LogP contribution in [0.3, 0.4) is 0 Å². The second kappa shape index (κ2) is 8.84. The molecule has 0 aromatic heterocycles. The summed E-state index contributed by atoms with van der Waals surface area (Å²) in [6.07, 6.45) is 6.60. The molecule has 2 amide bonds. The van der Waals surface area contributed by atoms with Crippen molar-refractivity contribution in [1.29, 1.82) is 0 Å². The molecule has 6 heteroatoms. The fraction of sp³-hybridized carbons (Fsp3) is 0.636. The number of carbonyl (C=O) groups excluding carboxylic acids is 2. The minimum atomic E-state index is -0.805. The fourth-order valence-electron chi connectivity index (χ4n) is 4.25. The van der Waals surface area contributed by atoms with E-state index in [4.69, 9.17) is 9.47 Å². The van der Waals surface area contributed by atoms with Crippen LogP contribution in [0.15, 0.2) is 18.2 Å². The van der Waals surface area contributed by atoms with E-state index < -0.39 is 5.54 Å². The minimum Gasteiger partial charge on any atom is -0.493 e. The van der Waals surface area contributed by atoms with Crippen LogP contribution < -0.4 is 14.8 Å². The first-order chi connectivity index (χ1) is 13.5. The van der Waals surface area contributed by atoms with Gasteiger partial charge in [0, 0.05) is 19.0 Å². The molecule has 2 fully saturated rings. The second-order valence-electron chi connectivity index (χ2n) is 7.98. The molecule has 1 N–H and O–H groups in total. The first kappa shape index (κ1) is 20.5. The lowest BCUT2D eigenvalue weighted by atomic mass is 9.92. The Hall–Kier alpha value is -2.24. The molecule has 0 radical (unpaired) electrons. The number of rotatable bonds is 7. The highest BCUT2D eigenvalue weighted by molar-refractivity contribution is 5.94. The van der Waals surface area contributed by atoms with Crippen molar-refractivity contribution < 1.29 is 19.1 Å². The van der Waals surface area contributed by atoms with Gasteiger partial charge in [0.05, 0.1) is 13.7 Å². The van der Waals surface area contributed by atoms with Crippen molar-refractivity contribution in [3.63, 3.8) is 0 Å². The van der Waals surface area contributed by atoms with Crippen molar-refractivity contribution in [3.05, 3.63) is 23.8 Å². The summed E-state index contributed by atoms with van der Waals surface area (Å²) in [6.45, 7) is 4.75. The van der Waals surface area contributed by atoms with E-state index in [1.807, 2.05) is 32.0 Å². The van der Waals surface area contributed by atoms with Crippen molar-refractivity contribution in [2.75, 3.05) is 13.7 Å². The van der Waals surface area contributed by atoms with E-state index in [1.165, 1.54) is 6.42 Å². The third-order valence-corrected chi connectivity index (χ3v) is 6.02. The van der Waals surface area contributed by atoms with Gasteiger partial charge in [-0.05, 0) is 50.8 Å². The van der Waals surface area contributed by atoms with Gasteiger partial charge >= 0.3 is 0 Å². The van der Waals surface area contributed by atoms with Gasteiger partial charge in [-0.1, -0.05) is 25.3 Å². The lowest BCUT2D eigenvalue weighted by Gasteiger charge is -2.36. The number of nitrogens with one attached hydrogen (secondary N) is 1. The molecule has 1 aromatic rings. The normalized spacial score (nSPS) is 23.0. The smallest absolute Gasteiger partial charge is 0.245 e. The van der Waals surface area contributed by atoms with Gasteiger partial charge in [-0.3, -0.25) is 9.59 Å². The molecule has 0 bridgehead atoms. The number of ether oxygens (including phenoxy) is 2. The van der Waals surface area contributed by atoms with Gasteiger partial charge in [-0.25, -0.2) is 0 Å². The van der Waals surface area contributed by atoms with Gasteiger partial charge in [0.25, 0.3) is 0 Å². The molecule has 154 valence electrons. The van der Waals surface area contributed by atoms with E-state index in [0.29, 0.717) is 37.5 Å². The highest BCUT2D eigenvalue weighted by Gasteiger charge is 2.47. The highest BCUT2D eigenvalue weighted by Crippen LogP contribution is 2.34. The summed E-state index contributed by atoms with van der Waals surface area (Å²) in [5, 5.41) is 3.21. The summed E-state index contributed by atoms with van der Waals surface area (Å²) in [5.74, 6) is 1.32. The molecule has 0 unspecified atom stereocenters. The average molecular weight is 389 g/mol. The number of amides is 2. The maximum atomic E-state index is 13.1. The van der Waals surface area contributed by atoms with Crippen LogP contribution in [0.2, 0.25) is 0 Å². The molecule has 3 rings (SSSR count). The van der Waals surface area contributed by atoms with Gasteiger partial charge in [-0.2, -0.15) is 0 Å². The fourth-order valence-corrected chi connectivity index (χ4v) is 4.25. The van der Waals surface area contributed by atoms with Crippen LogP contribution in [-0.2, 0) is 16.1 Å². The number of nitrogens with zero attached hydrogens (tertiary/aromatic N) is 1. The number of hydrogen-bond donors (Lipinski definition) is 1. The molecule has 1 aliphatic carbocycles. The molecule has 0 spiro atoms. The molecule has 1 saturated carbocycles. The van der Waals surface area contributed by atoms with Crippen LogP contribution in [0.1, 0.15) is 64.4 Å². The number of benzene rings is 1. The highest BCUT2D eigenvalue weighted by atomic mass is 16.5. The Labute approximate surface area is 167 Å². The molecular weight excluding hydrogens is 356 g/mol. The summed E-state index contributed by atoms with van der Waals surface area (Å²) in [6, 6.07) is 5.91. The predicted molar refractivity (Wildman–Crippen MR) is 107 cm³/mol. The summed E-state index contributed by atoms with van der Waals surface area (Å²) in [7, 11) is 1.60. The Balaban J connectivity index is 1.75. The van der Waals surface area contributed by atoms with Crippen molar-refractivity contribution in [2.45, 2.75) is 76.9 Å². The molecule has 6 nitrogen and oxygen atoms in total. The third-order valence-electron chi connectivity index (χ3n) is 6.02. The maximum Gasteiger partial charge on any atom is 0.245 e. The number of hydrogen-bond acceptors (Lipinski definition) is 4. The lowest BCUT2D eigenvalue weighted by molar-refractivity contribution is -0.141. The third kappa shape index (κ3) is 4.26. The Morgan fingerprint density at radius 3 is 2.68 bits per heavy atom. The van der Waals surface area contributed by atoms with Crippen LogP contribution in [-0.4, -0.2) is 42.0 Å². The zero-order valence-electron chi connectivity index (χ0n) is 17.3. The molecule has 1 atom stereocenters. The summed E-state index contributed by atoms with van der Waals surface area (Å²) in [4.78, 5) is 27.4. The van der Waals surface area contributed by atoms with Crippen LogP contribution in [0.25, 0.3) is 0 Å². The van der Waals surface area contributed by atoms with E-state index in [0.717, 1.165) is 31.2 Å². The average Bonchev–Trinajstić information content (AvgIpc) is 2.99. The topological polar surface area (TPSA) is 67.9 Å². The molecule has 1 heterocycles. The van der Waals surface area contributed by atoms with Crippen molar-refractivity contribution in [3.8, 4) is 11.5 Å². The summed E-state index contributed by atoms with van der Waals surface area (Å²) < 4.78 is 11.0. The number of methoxy groups -OCH3 is 1. The van der Waals surface area contributed by atoms with E-state index in [9.17, 15) is 9.59 Å². The van der Waals surface area contributed by atoms with Crippen LogP contribution in [0.4, 0.5) is 0 Å². The van der Waals surface area contributed by atoms with E-state index >= 15 is 0 Å². The van der Waals surface area contributed by atoms with E-state index in [-0.39, 0.29) is 17.9 Å². The monoisotopic (exact) mass is 388 g/mol. The van der Waals surface area contributed by atoms with Gasteiger partial charge in [0.2, 0.25) is 11.8 Å². The zero-order valence-corrected chi connectivity index (χ0v) is 17.3. The standard InChI is InChI=1S/C22H32N2O4/c1-4-28-18-11-10-16(14-19(18)27-3)15-24-20(25)12-13-22(24,2)21(26)23-17-8-6-5-7-9-17/h10-11,14,17H,4-9,12-13,15H2,1-3H3,(H,23,26)/t22-/m1/s1. The van der Waals surface area contributed by atoms with Crippen LogP contribution >= 0.6 is 0 Å². The van der Waals surface area contributed by atoms with Crippen LogP contribution in [0.5, 0.6) is 11.5 Å². The van der Waals surface area contributed by atoms with Gasteiger partial charge < -0.3 is 19.7 Å². The van der Waals surface area contributed by atoms with Crippen molar-refractivity contribution in [1.82, 2.24) is 10.2 Å². The Kier molecular flexibility index (Phi) is 6.47. The first-order valence-corrected chi connectivity index (χ1v) is 10.4. The zero-order chi connectivity index (χ0) is 20.1. The number of carbonyl (C=O) groups is 2. The summed E-state index contributed by atoms with van der Waals surface area (Å²) >= 11 is 0. The Morgan fingerprint density at radius 1 is 1.25 bits per heavy atom. The molecule has 1 aromatic carbocycles. The molecule has 1 saturated heterocycles. The SMILES string of the molecule is CCOc1ccc(CN2C(=O)CC[C@]2(C)C(=O)NC2CCCCC2)cc1OC. The largest absolute Gasteiger partial charge is 0.493 e. The molecule has 28 heavy (non-hydrogen) atoms. The molecule has 1 aliphatic heterocycles. The van der Waals surface area contributed by atoms with E-state index in [1.54, 1.807) is 12.0 Å². The summed E-state index contributed by atoms with van der Waals surface area (Å²) in [5.41, 5.74) is 0.118. The van der Waals surface area contributed by atoms with Gasteiger partial charge in [0.1, 0.15) is 5.54 Å². The van der Waals surface area contributed by atoms with E-state index in [2.05, 4.69) is 5.32 Å².